The van der Waals surface area contributed by atoms with Crippen LogP contribution in [0.3, 0.4) is 0 Å². The van der Waals surface area contributed by atoms with Crippen molar-refractivity contribution in [2.24, 2.45) is 4.99 Å². The molecule has 1 aliphatic rings. The van der Waals surface area contributed by atoms with Crippen LogP contribution in [0.5, 0.6) is 5.75 Å². The number of ketones is 1. The second kappa shape index (κ2) is 4.76. The molecule has 0 atom stereocenters. The summed E-state index contributed by atoms with van der Waals surface area (Å²) in [6.07, 6.45) is 0. The lowest BCUT2D eigenvalue weighted by molar-refractivity contribution is 0.107. The molecule has 24 heavy (non-hydrogen) atoms. The Balaban J connectivity index is 1.78. The van der Waals surface area contributed by atoms with Crippen LogP contribution in [-0.2, 0) is 0 Å². The van der Waals surface area contributed by atoms with Gasteiger partial charge >= 0.3 is 0 Å². The lowest BCUT2D eigenvalue weighted by Crippen LogP contribution is -2.09. The summed E-state index contributed by atoms with van der Waals surface area (Å²) in [5.41, 5.74) is 1.63. The van der Waals surface area contributed by atoms with Crippen LogP contribution in [0.25, 0.3) is 20.9 Å². The lowest BCUT2D eigenvalue weighted by Gasteiger charge is -2.01. The van der Waals surface area contributed by atoms with E-state index in [1.807, 2.05) is 60.7 Å². The van der Waals surface area contributed by atoms with Crippen LogP contribution in [-0.4, -0.2) is 16.6 Å². The topological polar surface area (TPSA) is 49.7 Å². The highest BCUT2D eigenvalue weighted by molar-refractivity contribution is 7.22. The second-order valence-corrected chi connectivity index (χ2v) is 6.80. The van der Waals surface area contributed by atoms with Crippen molar-refractivity contribution in [2.45, 2.75) is 0 Å². The van der Waals surface area contributed by atoms with Gasteiger partial charge in [0.05, 0.1) is 16.1 Å². The number of carbonyl (C=O) groups excluding carboxylic acids is 1. The number of rotatable bonds is 1. The highest BCUT2D eigenvalue weighted by atomic mass is 32.1. The zero-order valence-electron chi connectivity index (χ0n) is 12.5. The normalized spacial score (nSPS) is 13.5. The van der Waals surface area contributed by atoms with Gasteiger partial charge in [0.25, 0.3) is 0 Å². The van der Waals surface area contributed by atoms with Crippen molar-refractivity contribution < 1.29 is 9.90 Å². The number of thiophene rings is 1. The summed E-state index contributed by atoms with van der Waals surface area (Å²) in [5, 5.41) is 13.3. The van der Waals surface area contributed by atoms with E-state index in [1.54, 1.807) is 0 Å². The van der Waals surface area contributed by atoms with E-state index < -0.39 is 0 Å². The Morgan fingerprint density at radius 1 is 0.875 bits per heavy atom. The first-order valence-corrected chi connectivity index (χ1v) is 8.42. The number of aliphatic imine (C=N–C) groups is 1. The molecule has 1 aromatic heterocycles. The summed E-state index contributed by atoms with van der Waals surface area (Å²) in [6.45, 7) is 0. The third kappa shape index (κ3) is 1.71. The molecule has 0 aliphatic carbocycles. The Morgan fingerprint density at radius 2 is 1.62 bits per heavy atom. The van der Waals surface area contributed by atoms with Crippen molar-refractivity contribution in [1.82, 2.24) is 0 Å². The van der Waals surface area contributed by atoms with Gasteiger partial charge in [0.2, 0.25) is 5.78 Å². The predicted molar refractivity (Wildman–Crippen MR) is 98.0 cm³/mol. The van der Waals surface area contributed by atoms with E-state index >= 15 is 0 Å². The van der Waals surface area contributed by atoms with Crippen LogP contribution >= 0.6 is 11.3 Å². The molecular formula is C20H11NO2S. The van der Waals surface area contributed by atoms with Crippen LogP contribution in [0, 0.1) is 0 Å². The number of hydrogen-bond donors (Lipinski definition) is 1. The Hall–Kier alpha value is -2.98. The molecule has 0 fully saturated rings. The maximum Gasteiger partial charge on any atom is 0.215 e. The summed E-state index contributed by atoms with van der Waals surface area (Å²) in [4.78, 5) is 18.0. The van der Waals surface area contributed by atoms with Crippen molar-refractivity contribution in [3.8, 4) is 5.75 Å². The van der Waals surface area contributed by atoms with E-state index in [2.05, 4.69) is 4.99 Å². The minimum Gasteiger partial charge on any atom is -0.506 e. The number of hydrogen-bond acceptors (Lipinski definition) is 4. The Labute approximate surface area is 141 Å². The highest BCUT2D eigenvalue weighted by Gasteiger charge is 2.30. The largest absolute Gasteiger partial charge is 0.506 e. The minimum absolute atomic E-state index is 0.127. The van der Waals surface area contributed by atoms with Gasteiger partial charge in [-0.2, -0.15) is 0 Å². The maximum absolute atomic E-state index is 12.8. The van der Waals surface area contributed by atoms with Gasteiger partial charge in [-0.25, -0.2) is 4.99 Å². The molecule has 0 radical (unpaired) electrons. The molecule has 0 amide bonds. The van der Waals surface area contributed by atoms with Crippen molar-refractivity contribution in [3.05, 3.63) is 71.1 Å². The molecule has 3 nitrogen and oxygen atoms in total. The standard InChI is InChI=1S/C20H11NO2S/c22-18-14-10-9-11-5-1-2-6-12(11)16(14)21-17(18)20-19(23)13-7-3-4-8-15(13)24-20/h1-10,23H. The van der Waals surface area contributed by atoms with E-state index in [0.717, 1.165) is 20.9 Å². The molecule has 1 aliphatic heterocycles. The van der Waals surface area contributed by atoms with E-state index in [0.29, 0.717) is 21.8 Å². The molecule has 114 valence electrons. The molecule has 0 spiro atoms. The van der Waals surface area contributed by atoms with Gasteiger partial charge in [0.1, 0.15) is 11.5 Å². The molecule has 2 heterocycles. The van der Waals surface area contributed by atoms with E-state index in [4.69, 9.17) is 0 Å². The Kier molecular flexibility index (Phi) is 2.67. The monoisotopic (exact) mass is 329 g/mol. The molecule has 0 unspecified atom stereocenters. The molecule has 4 aromatic rings. The summed E-state index contributed by atoms with van der Waals surface area (Å²) in [7, 11) is 0. The SMILES string of the molecule is O=C1C(c2sc3ccccc3c2O)=Nc2c1ccc1ccccc21. The molecule has 0 saturated carbocycles. The fraction of sp³-hybridized carbons (Fsp3) is 0. The molecule has 5 rings (SSSR count). The van der Waals surface area contributed by atoms with Crippen LogP contribution < -0.4 is 0 Å². The fourth-order valence-electron chi connectivity index (χ4n) is 3.20. The maximum atomic E-state index is 12.8. The van der Waals surface area contributed by atoms with E-state index in [1.165, 1.54) is 11.3 Å². The van der Waals surface area contributed by atoms with Crippen LogP contribution in [0.15, 0.2) is 65.7 Å². The fourth-order valence-corrected chi connectivity index (χ4v) is 4.28. The number of Topliss-reactive ketones (excluding diaryl/α,β-unsaturated/α-hetero) is 1. The molecular weight excluding hydrogens is 318 g/mol. The van der Waals surface area contributed by atoms with Crippen LogP contribution in [0.1, 0.15) is 15.2 Å². The number of nitrogens with zero attached hydrogens (tertiary/aromatic N) is 1. The number of fused-ring (bicyclic) bond motifs is 4. The van der Waals surface area contributed by atoms with Gasteiger partial charge in [0, 0.05) is 15.5 Å². The van der Waals surface area contributed by atoms with Crippen molar-refractivity contribution in [1.29, 1.82) is 0 Å². The van der Waals surface area contributed by atoms with Crippen molar-refractivity contribution >= 4 is 49.4 Å². The average molecular weight is 329 g/mol. The van der Waals surface area contributed by atoms with Crippen molar-refractivity contribution in [3.63, 3.8) is 0 Å². The summed E-state index contributed by atoms with van der Waals surface area (Å²) in [6, 6.07) is 19.2. The van der Waals surface area contributed by atoms with E-state index in [-0.39, 0.29) is 11.5 Å². The Morgan fingerprint density at radius 3 is 2.46 bits per heavy atom. The molecule has 1 N–H and O–H groups in total. The third-order valence-electron chi connectivity index (χ3n) is 4.37. The smallest absolute Gasteiger partial charge is 0.215 e. The van der Waals surface area contributed by atoms with Gasteiger partial charge in [-0.1, -0.05) is 42.5 Å². The highest BCUT2D eigenvalue weighted by Crippen LogP contribution is 2.42. The molecule has 0 saturated heterocycles. The summed E-state index contributed by atoms with van der Waals surface area (Å²) in [5.74, 6) is 0.0115. The predicted octanol–water partition coefficient (Wildman–Crippen LogP) is 5.08. The van der Waals surface area contributed by atoms with Crippen molar-refractivity contribution in [2.75, 3.05) is 0 Å². The molecule has 3 aromatic carbocycles. The van der Waals surface area contributed by atoms with Crippen LogP contribution in [0.2, 0.25) is 0 Å². The van der Waals surface area contributed by atoms with Gasteiger partial charge in [0.15, 0.2) is 0 Å². The number of aromatic hydroxyl groups is 1. The van der Waals surface area contributed by atoms with Gasteiger partial charge in [-0.05, 0) is 23.6 Å². The Bertz CT molecular complexity index is 1190. The van der Waals surface area contributed by atoms with E-state index in [9.17, 15) is 9.90 Å². The first-order valence-electron chi connectivity index (χ1n) is 7.60. The van der Waals surface area contributed by atoms with Gasteiger partial charge < -0.3 is 5.11 Å². The van der Waals surface area contributed by atoms with Gasteiger partial charge in [-0.3, -0.25) is 4.79 Å². The number of benzene rings is 3. The number of carbonyl (C=O) groups is 1. The second-order valence-electron chi connectivity index (χ2n) is 5.75. The first-order chi connectivity index (χ1) is 11.7. The third-order valence-corrected chi connectivity index (χ3v) is 5.53. The first kappa shape index (κ1) is 13.5. The quantitative estimate of drug-likeness (QED) is 0.529. The zero-order valence-corrected chi connectivity index (χ0v) is 13.3. The average Bonchev–Trinajstić information content (AvgIpc) is 3.13. The lowest BCUT2D eigenvalue weighted by atomic mass is 10.0. The minimum atomic E-state index is -0.127. The summed E-state index contributed by atoms with van der Waals surface area (Å²) >= 11 is 1.40. The zero-order chi connectivity index (χ0) is 16.3. The summed E-state index contributed by atoms with van der Waals surface area (Å²) < 4.78 is 0.946. The van der Waals surface area contributed by atoms with Crippen LogP contribution in [0.4, 0.5) is 5.69 Å². The molecule has 4 heteroatoms. The van der Waals surface area contributed by atoms with Gasteiger partial charge in [-0.15, -0.1) is 11.3 Å². The molecule has 0 bridgehead atoms.